The van der Waals surface area contributed by atoms with Gasteiger partial charge in [0.1, 0.15) is 5.75 Å². The van der Waals surface area contributed by atoms with E-state index in [1.807, 2.05) is 0 Å². The molecule has 0 bridgehead atoms. The molecular formula is C11H12O5. The third-order valence-corrected chi connectivity index (χ3v) is 2.32. The van der Waals surface area contributed by atoms with Gasteiger partial charge in [0.2, 0.25) is 0 Å². The molecule has 0 saturated heterocycles. The molecule has 0 aliphatic carbocycles. The number of aromatic hydroxyl groups is 1. The smallest absolute Gasteiger partial charge is 0.308 e. The van der Waals surface area contributed by atoms with Crippen molar-refractivity contribution in [1.82, 2.24) is 0 Å². The SMILES string of the molecule is O=C(O)Cc1c(O)ccc2c1OCCCO2. The Labute approximate surface area is 92.2 Å². The Morgan fingerprint density at radius 2 is 2.06 bits per heavy atom. The first-order valence-corrected chi connectivity index (χ1v) is 5.00. The second-order valence-electron chi connectivity index (χ2n) is 3.51. The van der Waals surface area contributed by atoms with Gasteiger partial charge in [-0.2, -0.15) is 0 Å². The minimum Gasteiger partial charge on any atom is -0.508 e. The standard InChI is InChI=1S/C11H12O5/c12-8-2-3-9-11(7(8)6-10(13)14)16-5-1-4-15-9/h2-3,12H,1,4-6H2,(H,13,14). The van der Waals surface area contributed by atoms with Gasteiger partial charge in [0.25, 0.3) is 0 Å². The average Bonchev–Trinajstić information content (AvgIpc) is 2.47. The Morgan fingerprint density at radius 3 is 2.81 bits per heavy atom. The summed E-state index contributed by atoms with van der Waals surface area (Å²) in [6, 6.07) is 3.01. The zero-order valence-electron chi connectivity index (χ0n) is 8.60. The molecule has 86 valence electrons. The van der Waals surface area contributed by atoms with E-state index in [2.05, 4.69) is 0 Å². The fraction of sp³-hybridized carbons (Fsp3) is 0.364. The summed E-state index contributed by atoms with van der Waals surface area (Å²) in [5, 5.41) is 18.4. The number of ether oxygens (including phenoxy) is 2. The van der Waals surface area contributed by atoms with Crippen LogP contribution in [0, 0.1) is 0 Å². The molecule has 5 heteroatoms. The van der Waals surface area contributed by atoms with Crippen LogP contribution in [-0.2, 0) is 11.2 Å². The Kier molecular flexibility index (Phi) is 2.85. The molecule has 0 fully saturated rings. The molecule has 0 saturated carbocycles. The normalized spacial score (nSPS) is 14.2. The molecule has 1 aliphatic rings. The second-order valence-corrected chi connectivity index (χ2v) is 3.51. The van der Waals surface area contributed by atoms with Crippen LogP contribution in [0.4, 0.5) is 0 Å². The van der Waals surface area contributed by atoms with Crippen LogP contribution < -0.4 is 9.47 Å². The summed E-state index contributed by atoms with van der Waals surface area (Å²) >= 11 is 0. The van der Waals surface area contributed by atoms with Gasteiger partial charge in [-0.1, -0.05) is 0 Å². The molecule has 0 unspecified atom stereocenters. The summed E-state index contributed by atoms with van der Waals surface area (Å²) in [6.45, 7) is 0.993. The largest absolute Gasteiger partial charge is 0.508 e. The highest BCUT2D eigenvalue weighted by atomic mass is 16.5. The number of phenols is 1. The van der Waals surface area contributed by atoms with Crippen molar-refractivity contribution in [3.05, 3.63) is 17.7 Å². The number of phenolic OH excluding ortho intramolecular Hbond substituents is 1. The van der Waals surface area contributed by atoms with Crippen LogP contribution in [0.2, 0.25) is 0 Å². The van der Waals surface area contributed by atoms with Crippen molar-refractivity contribution in [2.45, 2.75) is 12.8 Å². The summed E-state index contributed by atoms with van der Waals surface area (Å²) in [5.74, 6) is -0.255. The predicted octanol–water partition coefficient (Wildman–Crippen LogP) is 1.18. The first-order chi connectivity index (χ1) is 7.68. The molecule has 1 aromatic carbocycles. The van der Waals surface area contributed by atoms with Gasteiger partial charge < -0.3 is 19.7 Å². The zero-order valence-corrected chi connectivity index (χ0v) is 8.60. The molecule has 5 nitrogen and oxygen atoms in total. The van der Waals surface area contributed by atoms with E-state index in [0.29, 0.717) is 24.7 Å². The Balaban J connectivity index is 2.44. The predicted molar refractivity (Wildman–Crippen MR) is 55.1 cm³/mol. The van der Waals surface area contributed by atoms with Gasteiger partial charge >= 0.3 is 5.97 Å². The lowest BCUT2D eigenvalue weighted by Crippen LogP contribution is -2.04. The first-order valence-electron chi connectivity index (χ1n) is 5.00. The number of hydrogen-bond acceptors (Lipinski definition) is 4. The number of fused-ring (bicyclic) bond motifs is 1. The maximum atomic E-state index is 10.7. The van der Waals surface area contributed by atoms with E-state index in [0.717, 1.165) is 6.42 Å². The highest BCUT2D eigenvalue weighted by Gasteiger charge is 2.19. The number of carboxylic acids is 1. The monoisotopic (exact) mass is 224 g/mol. The van der Waals surface area contributed by atoms with E-state index in [1.165, 1.54) is 6.07 Å². The van der Waals surface area contributed by atoms with Crippen LogP contribution in [0.3, 0.4) is 0 Å². The molecule has 0 amide bonds. The van der Waals surface area contributed by atoms with Crippen molar-refractivity contribution in [2.24, 2.45) is 0 Å². The summed E-state index contributed by atoms with van der Waals surface area (Å²) in [7, 11) is 0. The van der Waals surface area contributed by atoms with Crippen molar-refractivity contribution in [2.75, 3.05) is 13.2 Å². The van der Waals surface area contributed by atoms with Crippen molar-refractivity contribution in [1.29, 1.82) is 0 Å². The van der Waals surface area contributed by atoms with Crippen LogP contribution in [-0.4, -0.2) is 29.4 Å². The number of hydrogen-bond donors (Lipinski definition) is 2. The van der Waals surface area contributed by atoms with Crippen LogP contribution in [0.1, 0.15) is 12.0 Å². The van der Waals surface area contributed by atoms with E-state index in [-0.39, 0.29) is 17.7 Å². The summed E-state index contributed by atoms with van der Waals surface area (Å²) < 4.78 is 10.8. The van der Waals surface area contributed by atoms with Crippen LogP contribution in [0.5, 0.6) is 17.2 Å². The third-order valence-electron chi connectivity index (χ3n) is 2.32. The average molecular weight is 224 g/mol. The van der Waals surface area contributed by atoms with Gasteiger partial charge in [-0.25, -0.2) is 0 Å². The van der Waals surface area contributed by atoms with Crippen LogP contribution in [0.25, 0.3) is 0 Å². The maximum Gasteiger partial charge on any atom is 0.308 e. The van der Waals surface area contributed by atoms with E-state index in [1.54, 1.807) is 6.07 Å². The third kappa shape index (κ3) is 2.03. The molecule has 2 rings (SSSR count). The molecule has 1 aliphatic heterocycles. The van der Waals surface area contributed by atoms with Gasteiger partial charge in [0.15, 0.2) is 11.5 Å². The van der Waals surface area contributed by atoms with E-state index in [4.69, 9.17) is 14.6 Å². The minimum absolute atomic E-state index is 0.0772. The second kappa shape index (κ2) is 4.30. The van der Waals surface area contributed by atoms with Crippen molar-refractivity contribution in [3.63, 3.8) is 0 Å². The van der Waals surface area contributed by atoms with Crippen molar-refractivity contribution >= 4 is 5.97 Å². The molecule has 0 radical (unpaired) electrons. The quantitative estimate of drug-likeness (QED) is 0.788. The molecule has 0 atom stereocenters. The Bertz CT molecular complexity index is 413. The van der Waals surface area contributed by atoms with Gasteiger partial charge in [0, 0.05) is 6.42 Å². The zero-order chi connectivity index (χ0) is 11.5. The van der Waals surface area contributed by atoms with Gasteiger partial charge in [-0.15, -0.1) is 0 Å². The summed E-state index contributed by atoms with van der Waals surface area (Å²) in [6.07, 6.45) is 0.459. The lowest BCUT2D eigenvalue weighted by molar-refractivity contribution is -0.136. The molecule has 0 spiro atoms. The highest BCUT2D eigenvalue weighted by molar-refractivity contribution is 5.74. The molecule has 2 N–H and O–H groups in total. The Hall–Kier alpha value is -1.91. The lowest BCUT2D eigenvalue weighted by Gasteiger charge is -2.12. The molecule has 0 aromatic heterocycles. The number of carboxylic acid groups (broad SMARTS) is 1. The van der Waals surface area contributed by atoms with Gasteiger partial charge in [-0.3, -0.25) is 4.79 Å². The maximum absolute atomic E-state index is 10.7. The van der Waals surface area contributed by atoms with E-state index in [9.17, 15) is 9.90 Å². The molecule has 1 aromatic rings. The highest BCUT2D eigenvalue weighted by Crippen LogP contribution is 2.38. The van der Waals surface area contributed by atoms with E-state index >= 15 is 0 Å². The Morgan fingerprint density at radius 1 is 1.31 bits per heavy atom. The first kappa shape index (κ1) is 10.6. The number of rotatable bonds is 2. The van der Waals surface area contributed by atoms with Gasteiger partial charge in [0.05, 0.1) is 25.2 Å². The van der Waals surface area contributed by atoms with Crippen molar-refractivity contribution in [3.8, 4) is 17.2 Å². The van der Waals surface area contributed by atoms with Crippen molar-refractivity contribution < 1.29 is 24.5 Å². The lowest BCUT2D eigenvalue weighted by atomic mass is 10.1. The molecular weight excluding hydrogens is 212 g/mol. The topological polar surface area (TPSA) is 76.0 Å². The molecule has 16 heavy (non-hydrogen) atoms. The minimum atomic E-state index is -1.02. The number of aliphatic carboxylic acids is 1. The van der Waals surface area contributed by atoms with Gasteiger partial charge in [-0.05, 0) is 12.1 Å². The fourth-order valence-corrected chi connectivity index (χ4v) is 1.61. The fourth-order valence-electron chi connectivity index (χ4n) is 1.61. The van der Waals surface area contributed by atoms with Crippen LogP contribution in [0.15, 0.2) is 12.1 Å². The van der Waals surface area contributed by atoms with E-state index < -0.39 is 5.97 Å². The summed E-state index contributed by atoms with van der Waals surface area (Å²) in [4.78, 5) is 10.7. The number of benzene rings is 1. The molecule has 1 heterocycles. The number of carbonyl (C=O) groups is 1. The summed E-state index contributed by atoms with van der Waals surface area (Å²) in [5.41, 5.74) is 0.270. The van der Waals surface area contributed by atoms with Crippen LogP contribution >= 0.6 is 0 Å².